The van der Waals surface area contributed by atoms with E-state index < -0.39 is 0 Å². The van der Waals surface area contributed by atoms with Crippen molar-refractivity contribution in [2.45, 2.75) is 20.1 Å². The normalized spacial score (nSPS) is 10.7. The monoisotopic (exact) mass is 422 g/mol. The molecular weight excluding hydrogens is 404 g/mol. The zero-order valence-electron chi connectivity index (χ0n) is 15.7. The Morgan fingerprint density at radius 3 is 2.76 bits per heavy atom. The van der Waals surface area contributed by atoms with E-state index in [1.54, 1.807) is 35.9 Å². The summed E-state index contributed by atoms with van der Waals surface area (Å²) in [5, 5.41) is 8.71. The van der Waals surface area contributed by atoms with Gasteiger partial charge in [0.2, 0.25) is 0 Å². The molecule has 3 heterocycles. The highest BCUT2D eigenvalue weighted by Crippen LogP contribution is 2.21. The van der Waals surface area contributed by atoms with Crippen LogP contribution in [-0.2, 0) is 13.2 Å². The maximum Gasteiger partial charge on any atom is 0.251 e. The van der Waals surface area contributed by atoms with E-state index in [1.807, 2.05) is 41.9 Å². The first kappa shape index (κ1) is 19.2. The summed E-state index contributed by atoms with van der Waals surface area (Å²) >= 11 is 3.10. The quantitative estimate of drug-likeness (QED) is 0.475. The number of rotatable bonds is 7. The average molecular weight is 423 g/mol. The molecule has 8 heteroatoms. The van der Waals surface area contributed by atoms with Gasteiger partial charge in [0.15, 0.2) is 0 Å². The second-order valence-electron chi connectivity index (χ2n) is 6.22. The molecule has 0 aliphatic heterocycles. The van der Waals surface area contributed by atoms with Gasteiger partial charge in [-0.2, -0.15) is 0 Å². The number of carbonyl (C=O) groups excluding carboxylic acids is 1. The van der Waals surface area contributed by atoms with Crippen LogP contribution >= 0.6 is 22.7 Å². The molecule has 1 aromatic carbocycles. The van der Waals surface area contributed by atoms with Crippen molar-refractivity contribution < 1.29 is 9.53 Å². The Morgan fingerprint density at radius 2 is 1.97 bits per heavy atom. The van der Waals surface area contributed by atoms with Gasteiger partial charge in [0.1, 0.15) is 17.4 Å². The number of hydrogen-bond acceptors (Lipinski definition) is 7. The summed E-state index contributed by atoms with van der Waals surface area (Å²) in [7, 11) is 0. The average Bonchev–Trinajstić information content (AvgIpc) is 3.40. The molecule has 6 nitrogen and oxygen atoms in total. The number of pyridine rings is 1. The van der Waals surface area contributed by atoms with E-state index in [2.05, 4.69) is 20.3 Å². The molecule has 0 spiro atoms. The first-order chi connectivity index (χ1) is 14.2. The molecule has 0 unspecified atom stereocenters. The summed E-state index contributed by atoms with van der Waals surface area (Å²) in [6.45, 7) is 2.71. The Bertz CT molecular complexity index is 1110. The zero-order valence-corrected chi connectivity index (χ0v) is 17.3. The van der Waals surface area contributed by atoms with E-state index in [4.69, 9.17) is 4.74 Å². The van der Waals surface area contributed by atoms with Crippen LogP contribution in [0.4, 0.5) is 0 Å². The van der Waals surface area contributed by atoms with E-state index in [-0.39, 0.29) is 5.91 Å². The van der Waals surface area contributed by atoms with Gasteiger partial charge in [0.25, 0.3) is 5.91 Å². The van der Waals surface area contributed by atoms with E-state index in [9.17, 15) is 4.79 Å². The third-order valence-electron chi connectivity index (χ3n) is 4.08. The van der Waals surface area contributed by atoms with Crippen molar-refractivity contribution in [3.05, 3.63) is 80.8 Å². The molecule has 0 fully saturated rings. The number of hydrogen-bond donors (Lipinski definition) is 1. The van der Waals surface area contributed by atoms with Crippen molar-refractivity contribution in [3.63, 3.8) is 0 Å². The van der Waals surface area contributed by atoms with Crippen LogP contribution in [0.5, 0.6) is 5.75 Å². The summed E-state index contributed by atoms with van der Waals surface area (Å²) in [6, 6.07) is 11.0. The highest BCUT2D eigenvalue weighted by Gasteiger charge is 2.10. The lowest BCUT2D eigenvalue weighted by atomic mass is 10.2. The molecule has 1 amide bonds. The SMILES string of the molecule is Cc1nc(COc2cccc(C(=O)NCc3nc(-c4ccncc4)cs3)c2)cs1. The van der Waals surface area contributed by atoms with Crippen LogP contribution in [0.3, 0.4) is 0 Å². The van der Waals surface area contributed by atoms with Crippen molar-refractivity contribution in [3.8, 4) is 17.0 Å². The van der Waals surface area contributed by atoms with Crippen molar-refractivity contribution >= 4 is 28.6 Å². The summed E-state index contributed by atoms with van der Waals surface area (Å²) in [4.78, 5) is 25.5. The first-order valence-electron chi connectivity index (χ1n) is 8.94. The van der Waals surface area contributed by atoms with Crippen LogP contribution in [0.2, 0.25) is 0 Å². The third kappa shape index (κ3) is 5.04. The minimum Gasteiger partial charge on any atom is -0.487 e. The van der Waals surface area contributed by atoms with Crippen molar-refractivity contribution in [2.24, 2.45) is 0 Å². The number of aromatic nitrogens is 3. The van der Waals surface area contributed by atoms with Gasteiger partial charge in [-0.25, -0.2) is 9.97 Å². The standard InChI is InChI=1S/C21H18N4O2S2/c1-14-24-17(12-28-14)11-27-18-4-2-3-16(9-18)21(26)23-10-20-25-19(13-29-20)15-5-7-22-8-6-15/h2-9,12-13H,10-11H2,1H3,(H,23,26). The fourth-order valence-corrected chi connectivity index (χ4v) is 4.00. The van der Waals surface area contributed by atoms with Crippen molar-refractivity contribution in [2.75, 3.05) is 0 Å². The lowest BCUT2D eigenvalue weighted by Gasteiger charge is -2.07. The summed E-state index contributed by atoms with van der Waals surface area (Å²) in [5.41, 5.74) is 3.32. The molecular formula is C21H18N4O2S2. The molecule has 4 aromatic rings. The molecule has 0 aliphatic rings. The minimum atomic E-state index is -0.166. The third-order valence-corrected chi connectivity index (χ3v) is 5.75. The number of aryl methyl sites for hydroxylation is 1. The largest absolute Gasteiger partial charge is 0.487 e. The molecule has 0 aliphatic carbocycles. The molecule has 146 valence electrons. The molecule has 3 aromatic heterocycles. The van der Waals surface area contributed by atoms with Crippen LogP contribution in [-0.4, -0.2) is 20.9 Å². The van der Waals surface area contributed by atoms with Gasteiger partial charge in [0.05, 0.1) is 22.9 Å². The smallest absolute Gasteiger partial charge is 0.251 e. The topological polar surface area (TPSA) is 77.0 Å². The minimum absolute atomic E-state index is 0.166. The Hall–Kier alpha value is -3.10. The van der Waals surface area contributed by atoms with Gasteiger partial charge in [-0.05, 0) is 37.3 Å². The van der Waals surface area contributed by atoms with Gasteiger partial charge in [0, 0.05) is 34.3 Å². The highest BCUT2D eigenvalue weighted by molar-refractivity contribution is 7.10. The molecule has 4 rings (SSSR count). The number of carbonyl (C=O) groups is 1. The number of nitrogens with one attached hydrogen (secondary N) is 1. The van der Waals surface area contributed by atoms with E-state index >= 15 is 0 Å². The number of amides is 1. The Balaban J connectivity index is 1.34. The molecule has 0 radical (unpaired) electrons. The molecule has 0 atom stereocenters. The Labute approximate surface area is 176 Å². The second-order valence-corrected chi connectivity index (χ2v) is 8.22. The number of benzene rings is 1. The number of thiazole rings is 2. The van der Waals surface area contributed by atoms with Crippen LogP contribution in [0, 0.1) is 6.92 Å². The highest BCUT2D eigenvalue weighted by atomic mass is 32.1. The van der Waals surface area contributed by atoms with E-state index in [0.717, 1.165) is 27.0 Å². The number of ether oxygens (including phenoxy) is 1. The predicted molar refractivity (Wildman–Crippen MR) is 114 cm³/mol. The number of nitrogens with zero attached hydrogens (tertiary/aromatic N) is 3. The van der Waals surface area contributed by atoms with Gasteiger partial charge in [-0.3, -0.25) is 9.78 Å². The first-order valence-corrected chi connectivity index (χ1v) is 10.7. The molecule has 0 saturated heterocycles. The fourth-order valence-electron chi connectivity index (χ4n) is 2.66. The maximum absolute atomic E-state index is 12.5. The summed E-state index contributed by atoms with van der Waals surface area (Å²) < 4.78 is 5.76. The zero-order chi connectivity index (χ0) is 20.1. The predicted octanol–water partition coefficient (Wildman–Crippen LogP) is 4.48. The maximum atomic E-state index is 12.5. The van der Waals surface area contributed by atoms with Crippen LogP contribution < -0.4 is 10.1 Å². The van der Waals surface area contributed by atoms with Crippen LogP contribution in [0.1, 0.15) is 26.1 Å². The van der Waals surface area contributed by atoms with Crippen molar-refractivity contribution in [1.82, 2.24) is 20.3 Å². The molecule has 1 N–H and O–H groups in total. The van der Waals surface area contributed by atoms with Crippen LogP contribution in [0.25, 0.3) is 11.3 Å². The summed E-state index contributed by atoms with van der Waals surface area (Å²) in [6.07, 6.45) is 3.47. The summed E-state index contributed by atoms with van der Waals surface area (Å²) in [5.74, 6) is 0.470. The molecule has 0 bridgehead atoms. The van der Waals surface area contributed by atoms with E-state index in [0.29, 0.717) is 24.5 Å². The fraction of sp³-hybridized carbons (Fsp3) is 0.143. The van der Waals surface area contributed by atoms with Gasteiger partial charge >= 0.3 is 0 Å². The van der Waals surface area contributed by atoms with Gasteiger partial charge in [-0.1, -0.05) is 6.07 Å². The van der Waals surface area contributed by atoms with Crippen molar-refractivity contribution in [1.29, 1.82) is 0 Å². The van der Waals surface area contributed by atoms with E-state index in [1.165, 1.54) is 11.3 Å². The van der Waals surface area contributed by atoms with Gasteiger partial charge < -0.3 is 10.1 Å². The molecule has 0 saturated carbocycles. The second kappa shape index (κ2) is 8.93. The molecule has 29 heavy (non-hydrogen) atoms. The van der Waals surface area contributed by atoms with Crippen LogP contribution in [0.15, 0.2) is 59.6 Å². The Morgan fingerprint density at radius 1 is 1.10 bits per heavy atom. The Kier molecular flexibility index (Phi) is 5.92. The lowest BCUT2D eigenvalue weighted by Crippen LogP contribution is -2.22. The lowest BCUT2D eigenvalue weighted by molar-refractivity contribution is 0.0950. The van der Waals surface area contributed by atoms with Gasteiger partial charge in [-0.15, -0.1) is 22.7 Å².